The average molecular weight is 311 g/mol. The van der Waals surface area contributed by atoms with Gasteiger partial charge in [0.25, 0.3) is 0 Å². The Hall–Kier alpha value is -1.33. The third-order valence-electron chi connectivity index (χ3n) is 2.45. The molecule has 5 heteroatoms. The van der Waals surface area contributed by atoms with E-state index in [1.807, 2.05) is 29.6 Å². The average Bonchev–Trinajstić information content (AvgIpc) is 2.71. The van der Waals surface area contributed by atoms with Crippen molar-refractivity contribution < 1.29 is 5.11 Å². The Morgan fingerprint density at radius 2 is 2.00 bits per heavy atom. The van der Waals surface area contributed by atoms with Crippen LogP contribution in [0.2, 0.25) is 0 Å². The third-order valence-corrected chi connectivity index (χ3v) is 4.00. The fourth-order valence-electron chi connectivity index (χ4n) is 1.48. The van der Waals surface area contributed by atoms with Crippen molar-refractivity contribution in [2.75, 3.05) is 0 Å². The van der Waals surface area contributed by atoms with Crippen LogP contribution >= 0.6 is 27.3 Å². The van der Waals surface area contributed by atoms with E-state index in [4.69, 9.17) is 5.84 Å². The molecule has 3 N–H and O–H groups in total. The van der Waals surface area contributed by atoms with Gasteiger partial charge in [-0.3, -0.25) is 0 Å². The summed E-state index contributed by atoms with van der Waals surface area (Å²) in [7, 11) is 0. The fraction of sp³-hybridized carbons (Fsp3) is 0.0833. The Balaban J connectivity index is 2.47. The number of aromatic hydroxyl groups is 1. The number of nitrogens with two attached hydrogens (primary N) is 1. The Bertz CT molecular complexity index is 560. The van der Waals surface area contributed by atoms with E-state index in [2.05, 4.69) is 21.0 Å². The molecule has 0 saturated heterocycles. The van der Waals surface area contributed by atoms with Gasteiger partial charge in [-0.2, -0.15) is 5.10 Å². The van der Waals surface area contributed by atoms with Crippen LogP contribution in [0.1, 0.15) is 12.5 Å². The molecule has 1 aromatic heterocycles. The predicted octanol–water partition coefficient (Wildman–Crippen LogP) is 3.57. The van der Waals surface area contributed by atoms with E-state index >= 15 is 0 Å². The van der Waals surface area contributed by atoms with Crippen LogP contribution in [0.15, 0.2) is 39.2 Å². The first-order valence-electron chi connectivity index (χ1n) is 4.94. The molecule has 1 aromatic carbocycles. The third kappa shape index (κ3) is 2.35. The van der Waals surface area contributed by atoms with Crippen molar-refractivity contribution in [3.05, 3.63) is 39.7 Å². The lowest BCUT2D eigenvalue weighted by molar-refractivity contribution is 0.478. The highest BCUT2D eigenvalue weighted by atomic mass is 79.9. The monoisotopic (exact) mass is 310 g/mol. The normalized spacial score (nSPS) is 11.8. The van der Waals surface area contributed by atoms with Crippen molar-refractivity contribution in [1.82, 2.24) is 0 Å². The Kier molecular flexibility index (Phi) is 3.49. The number of halogens is 1. The minimum Gasteiger partial charge on any atom is -0.506 e. The second kappa shape index (κ2) is 4.89. The highest BCUT2D eigenvalue weighted by Crippen LogP contribution is 2.38. The molecule has 0 aliphatic carbocycles. The molecule has 17 heavy (non-hydrogen) atoms. The number of hydrazone groups is 1. The van der Waals surface area contributed by atoms with Crippen LogP contribution < -0.4 is 5.84 Å². The van der Waals surface area contributed by atoms with Crippen LogP contribution in [0.25, 0.3) is 10.4 Å². The van der Waals surface area contributed by atoms with Crippen molar-refractivity contribution in [2.24, 2.45) is 10.9 Å². The number of benzene rings is 1. The topological polar surface area (TPSA) is 58.6 Å². The number of thiophene rings is 1. The largest absolute Gasteiger partial charge is 0.506 e. The molecule has 88 valence electrons. The van der Waals surface area contributed by atoms with Crippen LogP contribution in [0.4, 0.5) is 0 Å². The van der Waals surface area contributed by atoms with Crippen LogP contribution in [-0.2, 0) is 0 Å². The van der Waals surface area contributed by atoms with Crippen molar-refractivity contribution in [1.29, 1.82) is 0 Å². The number of nitrogens with zero attached hydrogens (tertiary/aromatic N) is 1. The zero-order valence-corrected chi connectivity index (χ0v) is 11.5. The molecule has 0 radical (unpaired) electrons. The Morgan fingerprint density at radius 1 is 1.35 bits per heavy atom. The van der Waals surface area contributed by atoms with Gasteiger partial charge in [0, 0.05) is 9.85 Å². The van der Waals surface area contributed by atoms with Gasteiger partial charge in [0.05, 0.1) is 16.2 Å². The second-order valence-corrected chi connectivity index (χ2v) is 5.34. The van der Waals surface area contributed by atoms with Crippen molar-refractivity contribution in [2.45, 2.75) is 6.92 Å². The van der Waals surface area contributed by atoms with Gasteiger partial charge in [0.15, 0.2) is 0 Å². The van der Waals surface area contributed by atoms with Crippen LogP contribution in [0, 0.1) is 0 Å². The molecule has 0 spiro atoms. The highest BCUT2D eigenvalue weighted by molar-refractivity contribution is 9.10. The zero-order chi connectivity index (χ0) is 12.4. The second-order valence-electron chi connectivity index (χ2n) is 3.55. The summed E-state index contributed by atoms with van der Waals surface area (Å²) in [5, 5.41) is 15.6. The van der Waals surface area contributed by atoms with Crippen LogP contribution in [0.5, 0.6) is 5.75 Å². The lowest BCUT2D eigenvalue weighted by Gasteiger charge is -2.01. The lowest BCUT2D eigenvalue weighted by Crippen LogP contribution is -1.96. The van der Waals surface area contributed by atoms with Gasteiger partial charge in [-0.05, 0) is 24.6 Å². The summed E-state index contributed by atoms with van der Waals surface area (Å²) in [6.45, 7) is 1.77. The molecule has 3 nitrogen and oxygen atoms in total. The minimum atomic E-state index is 0.240. The molecular formula is C12H11BrN2OS. The van der Waals surface area contributed by atoms with Crippen LogP contribution in [0.3, 0.4) is 0 Å². The first-order valence-corrected chi connectivity index (χ1v) is 6.62. The molecule has 2 aromatic rings. The van der Waals surface area contributed by atoms with Gasteiger partial charge < -0.3 is 10.9 Å². The van der Waals surface area contributed by atoms with Gasteiger partial charge in [-0.15, -0.1) is 11.3 Å². The smallest absolute Gasteiger partial charge is 0.143 e. The van der Waals surface area contributed by atoms with E-state index in [-0.39, 0.29) is 5.75 Å². The van der Waals surface area contributed by atoms with E-state index in [1.165, 1.54) is 11.3 Å². The summed E-state index contributed by atoms with van der Waals surface area (Å²) >= 11 is 4.86. The lowest BCUT2D eigenvalue weighted by atomic mass is 10.1. The van der Waals surface area contributed by atoms with Gasteiger partial charge >= 0.3 is 0 Å². The van der Waals surface area contributed by atoms with Crippen molar-refractivity contribution in [3.63, 3.8) is 0 Å². The summed E-state index contributed by atoms with van der Waals surface area (Å²) in [4.78, 5) is 0.829. The van der Waals surface area contributed by atoms with Gasteiger partial charge in [-0.25, -0.2) is 0 Å². The summed E-state index contributed by atoms with van der Waals surface area (Å²) in [6.07, 6.45) is 0. The fourth-order valence-corrected chi connectivity index (χ4v) is 2.76. The van der Waals surface area contributed by atoms with E-state index in [9.17, 15) is 5.11 Å². The van der Waals surface area contributed by atoms with E-state index < -0.39 is 0 Å². The maximum absolute atomic E-state index is 10.1. The first-order chi connectivity index (χ1) is 8.13. The zero-order valence-electron chi connectivity index (χ0n) is 9.14. The van der Waals surface area contributed by atoms with E-state index in [0.717, 1.165) is 14.9 Å². The predicted molar refractivity (Wildman–Crippen MR) is 75.5 cm³/mol. The molecule has 0 bridgehead atoms. The minimum absolute atomic E-state index is 0.240. The Morgan fingerprint density at radius 3 is 2.59 bits per heavy atom. The molecule has 2 rings (SSSR count). The summed E-state index contributed by atoms with van der Waals surface area (Å²) in [6, 6.07) is 7.79. The van der Waals surface area contributed by atoms with Gasteiger partial charge in [0.1, 0.15) is 5.75 Å². The molecule has 1 heterocycles. The maximum atomic E-state index is 10.1. The summed E-state index contributed by atoms with van der Waals surface area (Å²) < 4.78 is 1.01. The number of hydrogen-bond acceptors (Lipinski definition) is 4. The molecule has 0 amide bonds. The molecular weight excluding hydrogens is 300 g/mol. The highest BCUT2D eigenvalue weighted by Gasteiger charge is 2.14. The molecule has 0 aliphatic heterocycles. The van der Waals surface area contributed by atoms with Gasteiger partial charge in [0.2, 0.25) is 0 Å². The molecule has 0 aliphatic rings. The first kappa shape index (κ1) is 12.1. The van der Waals surface area contributed by atoms with Crippen molar-refractivity contribution in [3.8, 4) is 16.2 Å². The van der Waals surface area contributed by atoms with Gasteiger partial charge in [-0.1, -0.05) is 28.1 Å². The van der Waals surface area contributed by atoms with Crippen LogP contribution in [-0.4, -0.2) is 10.8 Å². The molecule has 0 saturated carbocycles. The van der Waals surface area contributed by atoms with Crippen molar-refractivity contribution >= 4 is 33.0 Å². The molecule has 0 atom stereocenters. The van der Waals surface area contributed by atoms with E-state index in [0.29, 0.717) is 11.3 Å². The summed E-state index contributed by atoms with van der Waals surface area (Å²) in [5.41, 5.74) is 2.30. The Labute approximate surface area is 112 Å². The molecule has 0 unspecified atom stereocenters. The summed E-state index contributed by atoms with van der Waals surface area (Å²) in [5.74, 6) is 5.46. The maximum Gasteiger partial charge on any atom is 0.143 e. The van der Waals surface area contributed by atoms with E-state index in [1.54, 1.807) is 6.92 Å². The number of rotatable bonds is 2. The molecule has 0 fully saturated rings. The standard InChI is InChI=1S/C12H11BrN2OS/c1-7(15-14)10-6-17-12(11(10)16)8-2-4-9(13)5-3-8/h2-6,16H,14H2,1H3/b15-7+. The quantitative estimate of drug-likeness (QED) is 0.506. The SMILES string of the molecule is C/C(=N\N)c1csc(-c2ccc(Br)cc2)c1O. The number of hydrogen-bond donors (Lipinski definition) is 2.